The van der Waals surface area contributed by atoms with Gasteiger partial charge >= 0.3 is 5.97 Å². The molecule has 0 amide bonds. The van der Waals surface area contributed by atoms with E-state index in [1.165, 1.54) is 15.9 Å². The van der Waals surface area contributed by atoms with Crippen molar-refractivity contribution in [1.29, 1.82) is 0 Å². The summed E-state index contributed by atoms with van der Waals surface area (Å²) < 4.78 is 13.4. The Hall–Kier alpha value is -3.85. The van der Waals surface area contributed by atoms with E-state index in [0.717, 1.165) is 18.8 Å². The molecule has 4 rings (SSSR count). The van der Waals surface area contributed by atoms with Gasteiger partial charge in [0.15, 0.2) is 4.80 Å². The average Bonchev–Trinajstić information content (AvgIpc) is 3.20. The SMILES string of the molecule is CCOC(=O)C1=C(C)N=c2s/c(=C/c3ccc(N(CC)CC)cc3O)c(=O)n2[C@H]1c1ccccc1OC(C)C. The van der Waals surface area contributed by atoms with Crippen molar-refractivity contribution in [3.8, 4) is 11.5 Å². The van der Waals surface area contributed by atoms with Crippen LogP contribution in [0.25, 0.3) is 6.08 Å². The van der Waals surface area contributed by atoms with Crippen LogP contribution >= 0.6 is 11.3 Å². The number of carbonyl (C=O) groups excluding carboxylic acids is 1. The molecule has 0 radical (unpaired) electrons. The number of hydrogen-bond acceptors (Lipinski definition) is 8. The van der Waals surface area contributed by atoms with Gasteiger partial charge in [-0.15, -0.1) is 0 Å². The molecule has 1 aliphatic heterocycles. The molecule has 1 atom stereocenters. The van der Waals surface area contributed by atoms with E-state index in [4.69, 9.17) is 9.47 Å². The van der Waals surface area contributed by atoms with Crippen LogP contribution in [0, 0.1) is 0 Å². The molecule has 8 nitrogen and oxygen atoms in total. The Morgan fingerprint density at radius 3 is 2.54 bits per heavy atom. The number of fused-ring (bicyclic) bond motifs is 1. The van der Waals surface area contributed by atoms with Gasteiger partial charge in [-0.1, -0.05) is 29.5 Å². The summed E-state index contributed by atoms with van der Waals surface area (Å²) in [6.45, 7) is 13.3. The van der Waals surface area contributed by atoms with Crippen molar-refractivity contribution in [2.24, 2.45) is 4.99 Å². The number of aromatic nitrogens is 1. The number of anilines is 1. The van der Waals surface area contributed by atoms with Gasteiger partial charge in [0.05, 0.1) is 28.5 Å². The van der Waals surface area contributed by atoms with Crippen LogP contribution in [0.3, 0.4) is 0 Å². The Kier molecular flexibility index (Phi) is 8.60. The Labute approximate surface area is 232 Å². The first-order chi connectivity index (χ1) is 18.7. The van der Waals surface area contributed by atoms with Crippen molar-refractivity contribution in [2.45, 2.75) is 53.7 Å². The van der Waals surface area contributed by atoms with Gasteiger partial charge in [0.2, 0.25) is 0 Å². The molecule has 0 fully saturated rings. The fourth-order valence-electron chi connectivity index (χ4n) is 4.73. The van der Waals surface area contributed by atoms with Gasteiger partial charge in [-0.25, -0.2) is 9.79 Å². The summed E-state index contributed by atoms with van der Waals surface area (Å²) in [6, 6.07) is 12.1. The normalized spacial score (nSPS) is 15.3. The first kappa shape index (κ1) is 28.2. The zero-order valence-electron chi connectivity index (χ0n) is 23.2. The lowest BCUT2D eigenvalue weighted by Crippen LogP contribution is -2.40. The summed E-state index contributed by atoms with van der Waals surface area (Å²) in [7, 11) is 0. The Balaban J connectivity index is 1.92. The first-order valence-corrected chi connectivity index (χ1v) is 14.0. The number of rotatable bonds is 9. The van der Waals surface area contributed by atoms with Crippen LogP contribution in [0.2, 0.25) is 0 Å². The Morgan fingerprint density at radius 1 is 1.18 bits per heavy atom. The largest absolute Gasteiger partial charge is 0.507 e. The highest BCUT2D eigenvalue weighted by Gasteiger charge is 2.35. The Morgan fingerprint density at radius 2 is 1.90 bits per heavy atom. The van der Waals surface area contributed by atoms with Crippen molar-refractivity contribution < 1.29 is 19.4 Å². The molecule has 1 aliphatic rings. The number of carbonyl (C=O) groups is 1. The number of esters is 1. The topological polar surface area (TPSA) is 93.4 Å². The van der Waals surface area contributed by atoms with E-state index in [9.17, 15) is 14.7 Å². The molecule has 3 aromatic rings. The van der Waals surface area contributed by atoms with Crippen LogP contribution in [0.15, 0.2) is 63.5 Å². The van der Waals surface area contributed by atoms with Crippen LogP contribution in [0.4, 0.5) is 5.69 Å². The van der Waals surface area contributed by atoms with Crippen LogP contribution in [0.1, 0.15) is 58.7 Å². The summed E-state index contributed by atoms with van der Waals surface area (Å²) in [5.41, 5.74) is 2.57. The molecule has 0 saturated carbocycles. The molecule has 0 aliphatic carbocycles. The summed E-state index contributed by atoms with van der Waals surface area (Å²) in [4.78, 5) is 34.3. The monoisotopic (exact) mass is 549 g/mol. The molecule has 0 unspecified atom stereocenters. The predicted molar refractivity (Wildman–Crippen MR) is 154 cm³/mol. The van der Waals surface area contributed by atoms with E-state index in [-0.39, 0.29) is 24.0 Å². The highest BCUT2D eigenvalue weighted by molar-refractivity contribution is 7.07. The average molecular weight is 550 g/mol. The second-order valence-corrected chi connectivity index (χ2v) is 10.4. The number of allylic oxidation sites excluding steroid dienone is 1. The van der Waals surface area contributed by atoms with E-state index < -0.39 is 12.0 Å². The van der Waals surface area contributed by atoms with Crippen molar-refractivity contribution in [2.75, 3.05) is 24.6 Å². The molecule has 206 valence electrons. The van der Waals surface area contributed by atoms with Gasteiger partial charge in [-0.3, -0.25) is 9.36 Å². The molecular weight excluding hydrogens is 514 g/mol. The number of phenolic OH excluding ortho intramolecular Hbond substituents is 1. The van der Waals surface area contributed by atoms with E-state index >= 15 is 0 Å². The van der Waals surface area contributed by atoms with Crippen LogP contribution < -0.4 is 24.5 Å². The number of nitrogens with zero attached hydrogens (tertiary/aromatic N) is 3. The highest BCUT2D eigenvalue weighted by Crippen LogP contribution is 2.36. The molecule has 1 aromatic heterocycles. The van der Waals surface area contributed by atoms with Gasteiger partial charge in [-0.2, -0.15) is 0 Å². The van der Waals surface area contributed by atoms with Crippen molar-refractivity contribution in [1.82, 2.24) is 4.57 Å². The van der Waals surface area contributed by atoms with Gasteiger partial charge < -0.3 is 19.5 Å². The maximum absolute atomic E-state index is 13.9. The van der Waals surface area contributed by atoms with Crippen LogP contribution in [0.5, 0.6) is 11.5 Å². The maximum atomic E-state index is 13.9. The van der Waals surface area contributed by atoms with Crippen LogP contribution in [-0.2, 0) is 9.53 Å². The number of hydrogen-bond donors (Lipinski definition) is 1. The van der Waals surface area contributed by atoms with E-state index in [0.29, 0.717) is 37.5 Å². The lowest BCUT2D eigenvalue weighted by Gasteiger charge is -2.26. The number of ether oxygens (including phenoxy) is 2. The number of phenols is 1. The molecule has 1 N–H and O–H groups in total. The van der Waals surface area contributed by atoms with Crippen molar-refractivity contribution in [3.05, 3.63) is 84.5 Å². The number of thiazole rings is 1. The minimum Gasteiger partial charge on any atom is -0.507 e. The zero-order valence-corrected chi connectivity index (χ0v) is 24.0. The standard InChI is InChI=1S/C30H35N3O5S/c1-7-32(8-2)21-15-14-20(23(34)17-21)16-25-28(35)33-27(22-12-10-11-13-24(22)38-18(4)5)26(29(36)37-9-3)19(6)31-30(33)39-25/h10-18,27,34H,7-9H2,1-6H3/b25-16+/t27-/m0/s1. The molecule has 0 bridgehead atoms. The highest BCUT2D eigenvalue weighted by atomic mass is 32.1. The third kappa shape index (κ3) is 5.63. The molecule has 39 heavy (non-hydrogen) atoms. The Bertz CT molecular complexity index is 1580. The van der Waals surface area contributed by atoms with Crippen molar-refractivity contribution >= 4 is 29.1 Å². The lowest BCUT2D eigenvalue weighted by atomic mass is 9.95. The van der Waals surface area contributed by atoms with Gasteiger partial charge in [0.1, 0.15) is 17.5 Å². The fourth-order valence-corrected chi connectivity index (χ4v) is 5.77. The summed E-state index contributed by atoms with van der Waals surface area (Å²) in [6.07, 6.45) is 1.56. The summed E-state index contributed by atoms with van der Waals surface area (Å²) >= 11 is 1.21. The molecule has 0 saturated heterocycles. The third-order valence-electron chi connectivity index (χ3n) is 6.52. The molecule has 2 heterocycles. The minimum atomic E-state index is -0.781. The smallest absolute Gasteiger partial charge is 0.338 e. The summed E-state index contributed by atoms with van der Waals surface area (Å²) in [5, 5.41) is 10.8. The van der Waals surface area contributed by atoms with E-state index in [1.54, 1.807) is 32.1 Å². The molecule has 2 aromatic carbocycles. The maximum Gasteiger partial charge on any atom is 0.338 e. The number of aromatic hydroxyl groups is 1. The second kappa shape index (κ2) is 11.9. The zero-order chi connectivity index (χ0) is 28.3. The van der Waals surface area contributed by atoms with E-state index in [2.05, 4.69) is 23.7 Å². The second-order valence-electron chi connectivity index (χ2n) is 9.42. The van der Waals surface area contributed by atoms with Gasteiger partial charge in [0, 0.05) is 36.0 Å². The predicted octanol–water partition coefficient (Wildman–Crippen LogP) is 4.14. The van der Waals surface area contributed by atoms with Crippen LogP contribution in [-0.4, -0.2) is 41.4 Å². The number of para-hydroxylation sites is 1. The summed E-state index contributed by atoms with van der Waals surface area (Å²) in [5.74, 6) is 0.135. The number of benzene rings is 2. The minimum absolute atomic E-state index is 0.0841. The third-order valence-corrected chi connectivity index (χ3v) is 7.51. The van der Waals surface area contributed by atoms with Gasteiger partial charge in [0.25, 0.3) is 5.56 Å². The van der Waals surface area contributed by atoms with Crippen molar-refractivity contribution in [3.63, 3.8) is 0 Å². The quantitative estimate of drug-likeness (QED) is 0.404. The first-order valence-electron chi connectivity index (χ1n) is 13.2. The fraction of sp³-hybridized carbons (Fsp3) is 0.367. The molecule has 9 heteroatoms. The molecule has 0 spiro atoms. The lowest BCUT2D eigenvalue weighted by molar-refractivity contribution is -0.139. The van der Waals surface area contributed by atoms with Gasteiger partial charge in [-0.05, 0) is 65.8 Å². The van der Waals surface area contributed by atoms with E-state index in [1.807, 2.05) is 44.2 Å². The molecular formula is C30H35N3O5S.